The molecular weight excluding hydrogens is 434 g/mol. The summed E-state index contributed by atoms with van der Waals surface area (Å²) in [4.78, 5) is 29.3. The molecule has 6 heteroatoms. The van der Waals surface area contributed by atoms with Crippen molar-refractivity contribution >= 4 is 52.3 Å². The van der Waals surface area contributed by atoms with E-state index in [4.69, 9.17) is 11.6 Å². The lowest BCUT2D eigenvalue weighted by molar-refractivity contribution is -0.123. The number of carbonyl (C=O) groups is 2. The number of amides is 2. The molecule has 0 unspecified atom stereocenters. The van der Waals surface area contributed by atoms with Crippen LogP contribution in [0, 0.1) is 6.92 Å². The van der Waals surface area contributed by atoms with Crippen molar-refractivity contribution in [3.05, 3.63) is 99.4 Å². The number of carbonyl (C=O) groups excluding carboxylic acids is 2. The number of benzene rings is 3. The van der Waals surface area contributed by atoms with E-state index in [9.17, 15) is 9.59 Å². The van der Waals surface area contributed by atoms with Crippen molar-refractivity contribution in [2.24, 2.45) is 0 Å². The van der Waals surface area contributed by atoms with E-state index in [1.807, 2.05) is 79.7 Å². The Kier molecular flexibility index (Phi) is 6.32. The fourth-order valence-electron chi connectivity index (χ4n) is 3.06. The van der Waals surface area contributed by atoms with Crippen molar-refractivity contribution in [1.82, 2.24) is 4.90 Å². The second-order valence-corrected chi connectivity index (χ2v) is 9.33. The van der Waals surface area contributed by atoms with Gasteiger partial charge in [-0.2, -0.15) is 0 Å². The maximum absolute atomic E-state index is 12.9. The second-order valence-electron chi connectivity index (χ2n) is 6.79. The summed E-state index contributed by atoms with van der Waals surface area (Å²) in [7, 11) is 0. The zero-order valence-corrected chi connectivity index (χ0v) is 18.6. The highest BCUT2D eigenvalue weighted by Crippen LogP contribution is 2.37. The molecule has 2 amide bonds. The van der Waals surface area contributed by atoms with Crippen molar-refractivity contribution in [2.45, 2.75) is 23.3 Å². The summed E-state index contributed by atoms with van der Waals surface area (Å²) in [5.74, 6) is -0.250. The quantitative estimate of drug-likeness (QED) is 0.390. The van der Waals surface area contributed by atoms with Crippen molar-refractivity contribution in [1.29, 1.82) is 0 Å². The van der Waals surface area contributed by atoms with Crippen molar-refractivity contribution in [3.63, 3.8) is 0 Å². The molecular formula is C24H18ClNO2S2. The van der Waals surface area contributed by atoms with Gasteiger partial charge in [0.05, 0.1) is 11.4 Å². The Bertz CT molecular complexity index is 1140. The predicted octanol–water partition coefficient (Wildman–Crippen LogP) is 7.04. The third kappa shape index (κ3) is 4.64. The lowest BCUT2D eigenvalue weighted by Gasteiger charge is -2.14. The van der Waals surface area contributed by atoms with E-state index in [2.05, 4.69) is 0 Å². The molecule has 0 radical (unpaired) electrons. The zero-order chi connectivity index (χ0) is 21.1. The summed E-state index contributed by atoms with van der Waals surface area (Å²) in [6, 6.07) is 23.2. The Morgan fingerprint density at radius 3 is 2.43 bits per heavy atom. The van der Waals surface area contributed by atoms with Gasteiger partial charge >= 0.3 is 0 Å². The van der Waals surface area contributed by atoms with Crippen LogP contribution < -0.4 is 0 Å². The predicted molar refractivity (Wildman–Crippen MR) is 125 cm³/mol. The van der Waals surface area contributed by atoms with Gasteiger partial charge in [-0.15, -0.1) is 0 Å². The van der Waals surface area contributed by atoms with Crippen molar-refractivity contribution in [3.8, 4) is 0 Å². The van der Waals surface area contributed by atoms with E-state index < -0.39 is 0 Å². The lowest BCUT2D eigenvalue weighted by Crippen LogP contribution is -2.27. The molecule has 0 N–H and O–H groups in total. The molecule has 0 spiro atoms. The number of rotatable bonds is 5. The second kappa shape index (κ2) is 9.13. The molecule has 1 heterocycles. The average Bonchev–Trinajstić information content (AvgIpc) is 3.00. The molecule has 4 rings (SSSR count). The highest BCUT2D eigenvalue weighted by molar-refractivity contribution is 8.18. The minimum absolute atomic E-state index is 0.239. The SMILES string of the molecule is Cc1ccccc1CN1C(=O)S/C(=C\c2ccccc2Sc2ccc(Cl)cc2)C1=O. The maximum atomic E-state index is 12.9. The standard InChI is InChI=1S/C24H18ClNO2S2/c1-16-6-2-3-8-18(16)15-26-23(27)22(30-24(26)28)14-17-7-4-5-9-21(17)29-20-12-10-19(25)11-13-20/h2-14H,15H2,1H3/b22-14-. The van der Waals surface area contributed by atoms with Gasteiger partial charge in [0.1, 0.15) is 0 Å². The fraction of sp³-hybridized carbons (Fsp3) is 0.0833. The summed E-state index contributed by atoms with van der Waals surface area (Å²) in [6.07, 6.45) is 1.81. The number of imide groups is 1. The van der Waals surface area contributed by atoms with Gasteiger partial charge < -0.3 is 0 Å². The molecule has 30 heavy (non-hydrogen) atoms. The molecule has 0 saturated carbocycles. The Morgan fingerprint density at radius 2 is 1.67 bits per heavy atom. The number of nitrogens with zero attached hydrogens (tertiary/aromatic N) is 1. The normalized spacial score (nSPS) is 15.3. The summed E-state index contributed by atoms with van der Waals surface area (Å²) < 4.78 is 0. The smallest absolute Gasteiger partial charge is 0.268 e. The lowest BCUT2D eigenvalue weighted by atomic mass is 10.1. The van der Waals surface area contributed by atoms with Gasteiger partial charge in [0.15, 0.2) is 0 Å². The summed E-state index contributed by atoms with van der Waals surface area (Å²) in [5, 5.41) is 0.451. The first-order valence-corrected chi connectivity index (χ1v) is 11.3. The first-order chi connectivity index (χ1) is 14.5. The number of halogens is 1. The van der Waals surface area contributed by atoms with E-state index in [1.165, 1.54) is 4.90 Å². The fourth-order valence-corrected chi connectivity index (χ4v) is 4.93. The maximum Gasteiger partial charge on any atom is 0.293 e. The first-order valence-electron chi connectivity index (χ1n) is 9.33. The van der Waals surface area contributed by atoms with Crippen LogP contribution in [-0.4, -0.2) is 16.0 Å². The van der Waals surface area contributed by atoms with Gasteiger partial charge in [0.2, 0.25) is 0 Å². The van der Waals surface area contributed by atoms with E-state index >= 15 is 0 Å². The van der Waals surface area contributed by atoms with Crippen LogP contribution in [0.1, 0.15) is 16.7 Å². The topological polar surface area (TPSA) is 37.4 Å². The van der Waals surface area contributed by atoms with Crippen LogP contribution in [-0.2, 0) is 11.3 Å². The van der Waals surface area contributed by atoms with Crippen molar-refractivity contribution < 1.29 is 9.59 Å². The summed E-state index contributed by atoms with van der Waals surface area (Å²) >= 11 is 8.56. The monoisotopic (exact) mass is 451 g/mol. The minimum atomic E-state index is -0.250. The third-order valence-electron chi connectivity index (χ3n) is 4.71. The number of hydrogen-bond acceptors (Lipinski definition) is 4. The molecule has 0 bridgehead atoms. The molecule has 0 aromatic heterocycles. The van der Waals surface area contributed by atoms with Crippen LogP contribution >= 0.6 is 35.1 Å². The Morgan fingerprint density at radius 1 is 0.967 bits per heavy atom. The number of aryl methyl sites for hydroxylation is 1. The molecule has 3 aromatic carbocycles. The molecule has 3 aromatic rings. The first kappa shape index (κ1) is 20.8. The molecule has 3 nitrogen and oxygen atoms in total. The largest absolute Gasteiger partial charge is 0.293 e. The van der Waals surface area contributed by atoms with E-state index in [1.54, 1.807) is 17.8 Å². The van der Waals surface area contributed by atoms with E-state index in [-0.39, 0.29) is 17.7 Å². The number of hydrogen-bond donors (Lipinski definition) is 0. The zero-order valence-electron chi connectivity index (χ0n) is 16.2. The van der Waals surface area contributed by atoms with Gasteiger partial charge in [-0.05, 0) is 71.8 Å². The molecule has 0 atom stereocenters. The highest BCUT2D eigenvalue weighted by Gasteiger charge is 2.35. The van der Waals surface area contributed by atoms with E-state index in [0.717, 1.165) is 38.2 Å². The highest BCUT2D eigenvalue weighted by atomic mass is 35.5. The van der Waals surface area contributed by atoms with Gasteiger partial charge in [0.25, 0.3) is 11.1 Å². The van der Waals surface area contributed by atoms with Crippen LogP contribution in [0.2, 0.25) is 5.02 Å². The van der Waals surface area contributed by atoms with Crippen LogP contribution in [0.5, 0.6) is 0 Å². The van der Waals surface area contributed by atoms with Gasteiger partial charge in [-0.25, -0.2) is 0 Å². The Labute approximate surface area is 189 Å². The average molecular weight is 452 g/mol. The number of thioether (sulfide) groups is 1. The summed E-state index contributed by atoms with van der Waals surface area (Å²) in [6.45, 7) is 2.27. The molecule has 0 aliphatic carbocycles. The Hall–Kier alpha value is -2.47. The van der Waals surface area contributed by atoms with Crippen molar-refractivity contribution in [2.75, 3.05) is 0 Å². The van der Waals surface area contributed by atoms with Gasteiger partial charge in [-0.3, -0.25) is 14.5 Å². The van der Waals surface area contributed by atoms with Gasteiger partial charge in [0, 0.05) is 14.8 Å². The van der Waals surface area contributed by atoms with Crippen LogP contribution in [0.15, 0.2) is 87.5 Å². The molecule has 1 fully saturated rings. The Balaban J connectivity index is 1.58. The van der Waals surface area contributed by atoms with Crippen LogP contribution in [0.3, 0.4) is 0 Å². The molecule has 150 valence electrons. The van der Waals surface area contributed by atoms with Crippen LogP contribution in [0.25, 0.3) is 6.08 Å². The minimum Gasteiger partial charge on any atom is -0.268 e. The summed E-state index contributed by atoms with van der Waals surface area (Å²) in [5.41, 5.74) is 2.93. The van der Waals surface area contributed by atoms with Crippen LogP contribution in [0.4, 0.5) is 4.79 Å². The van der Waals surface area contributed by atoms with E-state index in [0.29, 0.717) is 9.93 Å². The molecule has 1 aliphatic heterocycles. The van der Waals surface area contributed by atoms with Gasteiger partial charge in [-0.1, -0.05) is 65.8 Å². The molecule has 1 aliphatic rings. The molecule has 1 saturated heterocycles. The third-order valence-corrected chi connectivity index (χ3v) is 6.97.